The monoisotopic (exact) mass is 427 g/mol. The Morgan fingerprint density at radius 3 is 2.52 bits per heavy atom. The molecular weight excluding hydrogens is 410 g/mol. The lowest BCUT2D eigenvalue weighted by Gasteiger charge is -2.24. The summed E-state index contributed by atoms with van der Waals surface area (Å²) in [7, 11) is 0. The lowest BCUT2D eigenvalue weighted by molar-refractivity contribution is -0.116. The molecule has 3 aromatic rings. The first kappa shape index (κ1) is 19.5. The number of carboxylic acids is 1. The maximum atomic E-state index is 12.5. The summed E-state index contributed by atoms with van der Waals surface area (Å²) in [5.41, 5.74) is 2.75. The number of fused-ring (bicyclic) bond motifs is 1. The summed E-state index contributed by atoms with van der Waals surface area (Å²) in [6.07, 6.45) is 0.264. The van der Waals surface area contributed by atoms with Gasteiger partial charge >= 0.3 is 5.97 Å². The van der Waals surface area contributed by atoms with Crippen molar-refractivity contribution < 1.29 is 19.4 Å². The molecule has 0 saturated heterocycles. The number of aromatic carboxylic acids is 1. The van der Waals surface area contributed by atoms with E-state index in [1.165, 1.54) is 11.3 Å². The smallest absolute Gasteiger partial charge is 0.346 e. The zero-order valence-electron chi connectivity index (χ0n) is 15.6. The van der Waals surface area contributed by atoms with Gasteiger partial charge in [-0.25, -0.2) is 4.79 Å². The van der Waals surface area contributed by atoms with E-state index in [2.05, 4.69) is 5.32 Å². The molecule has 0 unspecified atom stereocenters. The van der Waals surface area contributed by atoms with Crippen molar-refractivity contribution in [3.05, 3.63) is 68.9 Å². The van der Waals surface area contributed by atoms with Crippen LogP contribution in [0, 0.1) is 0 Å². The van der Waals surface area contributed by atoms with Gasteiger partial charge in [-0.2, -0.15) is 0 Å². The average molecular weight is 428 g/mol. The van der Waals surface area contributed by atoms with E-state index in [0.29, 0.717) is 28.4 Å². The molecule has 5 nitrogen and oxygen atoms in total. The molecule has 148 valence electrons. The molecule has 2 aromatic carbocycles. The van der Waals surface area contributed by atoms with E-state index in [1.54, 1.807) is 24.3 Å². The molecule has 0 aliphatic carbocycles. The van der Waals surface area contributed by atoms with Crippen LogP contribution in [0.4, 0.5) is 5.69 Å². The molecule has 7 heteroatoms. The zero-order chi connectivity index (χ0) is 20.5. The fourth-order valence-corrected chi connectivity index (χ4v) is 4.93. The van der Waals surface area contributed by atoms with E-state index in [9.17, 15) is 14.7 Å². The number of carbonyl (C=O) groups excluding carboxylic acids is 1. The number of carboxylic acid groups (broad SMARTS) is 1. The summed E-state index contributed by atoms with van der Waals surface area (Å²) in [5.74, 6) is -0.607. The Bertz CT molecular complexity index is 1070. The Balaban J connectivity index is 1.84. The normalized spacial score (nSPS) is 15.5. The summed E-state index contributed by atoms with van der Waals surface area (Å²) in [4.78, 5) is 25.5. The first-order valence-electron chi connectivity index (χ1n) is 9.16. The summed E-state index contributed by atoms with van der Waals surface area (Å²) in [6.45, 7) is 2.50. The van der Waals surface area contributed by atoms with Crippen molar-refractivity contribution in [2.75, 3.05) is 11.9 Å². The van der Waals surface area contributed by atoms with Gasteiger partial charge in [-0.1, -0.05) is 35.9 Å². The largest absolute Gasteiger partial charge is 0.494 e. The fraction of sp³-hybridized carbons (Fsp3) is 0.182. The van der Waals surface area contributed by atoms with Crippen LogP contribution in [0.25, 0.3) is 11.1 Å². The van der Waals surface area contributed by atoms with Crippen LogP contribution in [0.1, 0.15) is 39.4 Å². The van der Waals surface area contributed by atoms with E-state index in [1.807, 2.05) is 31.2 Å². The molecule has 1 atom stereocenters. The molecule has 2 N–H and O–H groups in total. The van der Waals surface area contributed by atoms with E-state index >= 15 is 0 Å². The van der Waals surface area contributed by atoms with Gasteiger partial charge in [0.1, 0.15) is 10.6 Å². The van der Waals surface area contributed by atoms with Crippen molar-refractivity contribution >= 4 is 40.5 Å². The van der Waals surface area contributed by atoms with E-state index in [0.717, 1.165) is 16.2 Å². The second-order valence-corrected chi connectivity index (χ2v) is 8.15. The minimum Gasteiger partial charge on any atom is -0.494 e. The predicted octanol–water partition coefficient (Wildman–Crippen LogP) is 5.64. The van der Waals surface area contributed by atoms with Crippen molar-refractivity contribution in [2.24, 2.45) is 0 Å². The van der Waals surface area contributed by atoms with Crippen LogP contribution in [0.15, 0.2) is 48.5 Å². The number of thiophene rings is 1. The fourth-order valence-electron chi connectivity index (χ4n) is 3.56. The minimum atomic E-state index is -1.02. The van der Waals surface area contributed by atoms with Crippen LogP contribution in [0.5, 0.6) is 5.75 Å². The quantitative estimate of drug-likeness (QED) is 0.552. The second kappa shape index (κ2) is 7.89. The van der Waals surface area contributed by atoms with Crippen LogP contribution < -0.4 is 10.1 Å². The number of hydrogen-bond acceptors (Lipinski definition) is 4. The van der Waals surface area contributed by atoms with Gasteiger partial charge in [0, 0.05) is 27.8 Å². The Morgan fingerprint density at radius 1 is 1.21 bits per heavy atom. The molecule has 1 amide bonds. The highest BCUT2D eigenvalue weighted by Crippen LogP contribution is 2.49. The SMILES string of the molecule is CCOc1ccc([C@H]2CC(=O)Nc3c2sc(C(=O)O)c3-c2ccc(Cl)cc2)cc1. The highest BCUT2D eigenvalue weighted by Gasteiger charge is 2.34. The summed E-state index contributed by atoms with van der Waals surface area (Å²) >= 11 is 7.20. The Kier molecular flexibility index (Phi) is 5.30. The first-order chi connectivity index (χ1) is 14.0. The third kappa shape index (κ3) is 3.73. The summed E-state index contributed by atoms with van der Waals surface area (Å²) in [5, 5.41) is 13.3. The summed E-state index contributed by atoms with van der Waals surface area (Å²) < 4.78 is 5.50. The van der Waals surface area contributed by atoms with Gasteiger partial charge in [0.05, 0.1) is 12.3 Å². The number of carbonyl (C=O) groups is 2. The van der Waals surface area contributed by atoms with Crippen molar-refractivity contribution in [1.29, 1.82) is 0 Å². The van der Waals surface area contributed by atoms with Crippen LogP contribution >= 0.6 is 22.9 Å². The molecule has 29 heavy (non-hydrogen) atoms. The third-order valence-electron chi connectivity index (χ3n) is 4.83. The van der Waals surface area contributed by atoms with Crippen molar-refractivity contribution in [3.8, 4) is 16.9 Å². The topological polar surface area (TPSA) is 75.6 Å². The number of anilines is 1. The molecule has 2 heterocycles. The number of ether oxygens (including phenoxy) is 1. The maximum Gasteiger partial charge on any atom is 0.346 e. The predicted molar refractivity (Wildman–Crippen MR) is 114 cm³/mol. The third-order valence-corrected chi connectivity index (χ3v) is 6.37. The number of benzene rings is 2. The highest BCUT2D eigenvalue weighted by atomic mass is 35.5. The molecule has 1 aliphatic rings. The van der Waals surface area contributed by atoms with E-state index < -0.39 is 5.97 Å². The van der Waals surface area contributed by atoms with Gasteiger partial charge in [0.25, 0.3) is 0 Å². The van der Waals surface area contributed by atoms with Gasteiger partial charge in [0.2, 0.25) is 5.91 Å². The Labute approximate surface area is 176 Å². The zero-order valence-corrected chi connectivity index (χ0v) is 17.1. The molecule has 0 bridgehead atoms. The minimum absolute atomic E-state index is 0.138. The van der Waals surface area contributed by atoms with Crippen molar-refractivity contribution in [2.45, 2.75) is 19.3 Å². The molecular formula is C22H18ClNO4S. The van der Waals surface area contributed by atoms with E-state index in [-0.39, 0.29) is 23.1 Å². The molecule has 4 rings (SSSR count). The van der Waals surface area contributed by atoms with Gasteiger partial charge in [0.15, 0.2) is 0 Å². The van der Waals surface area contributed by atoms with Crippen LogP contribution in [0.3, 0.4) is 0 Å². The van der Waals surface area contributed by atoms with Crippen molar-refractivity contribution in [1.82, 2.24) is 0 Å². The summed E-state index contributed by atoms with van der Waals surface area (Å²) in [6, 6.07) is 14.6. The lowest BCUT2D eigenvalue weighted by atomic mass is 9.88. The number of amides is 1. The Hall–Kier alpha value is -2.83. The number of hydrogen-bond donors (Lipinski definition) is 2. The van der Waals surface area contributed by atoms with Gasteiger partial charge in [-0.05, 0) is 42.3 Å². The number of nitrogens with one attached hydrogen (secondary N) is 1. The van der Waals surface area contributed by atoms with Gasteiger partial charge in [-0.3, -0.25) is 4.79 Å². The maximum absolute atomic E-state index is 12.5. The first-order valence-corrected chi connectivity index (χ1v) is 10.4. The van der Waals surface area contributed by atoms with Crippen molar-refractivity contribution in [3.63, 3.8) is 0 Å². The standard InChI is InChI=1S/C22H18ClNO4S/c1-2-28-15-9-5-12(6-10-15)16-11-17(25)24-19-18(13-3-7-14(23)8-4-13)21(22(26)27)29-20(16)19/h3-10,16H,2,11H2,1H3,(H,24,25)(H,26,27)/t16-/m1/s1. The molecule has 0 saturated carbocycles. The van der Waals surface area contributed by atoms with E-state index in [4.69, 9.17) is 16.3 Å². The van der Waals surface area contributed by atoms with Crippen LogP contribution in [-0.4, -0.2) is 23.6 Å². The number of halogens is 1. The lowest BCUT2D eigenvalue weighted by Crippen LogP contribution is -2.22. The molecule has 0 spiro atoms. The highest BCUT2D eigenvalue weighted by molar-refractivity contribution is 7.15. The van der Waals surface area contributed by atoms with Crippen LogP contribution in [-0.2, 0) is 4.79 Å². The molecule has 1 aliphatic heterocycles. The average Bonchev–Trinajstić information content (AvgIpc) is 3.08. The second-order valence-electron chi connectivity index (χ2n) is 6.66. The Morgan fingerprint density at radius 2 is 1.90 bits per heavy atom. The molecule has 0 fully saturated rings. The van der Waals surface area contributed by atoms with Crippen LogP contribution in [0.2, 0.25) is 5.02 Å². The molecule has 0 radical (unpaired) electrons. The molecule has 1 aromatic heterocycles. The number of rotatable bonds is 5. The van der Waals surface area contributed by atoms with Gasteiger partial charge in [-0.15, -0.1) is 11.3 Å². The van der Waals surface area contributed by atoms with Gasteiger partial charge < -0.3 is 15.2 Å².